The molecule has 0 heterocycles. The Kier molecular flexibility index (Phi) is 5.11. The van der Waals surface area contributed by atoms with Crippen LogP contribution in [0, 0.1) is 0 Å². The summed E-state index contributed by atoms with van der Waals surface area (Å²) in [5.41, 5.74) is 0.583. The van der Waals surface area contributed by atoms with Gasteiger partial charge >= 0.3 is 5.97 Å². The number of amides is 1. The first-order valence-corrected chi connectivity index (χ1v) is 5.87. The van der Waals surface area contributed by atoms with Crippen LogP contribution in [0.3, 0.4) is 0 Å². The molecule has 0 bridgehead atoms. The van der Waals surface area contributed by atoms with Gasteiger partial charge in [-0.15, -0.1) is 0 Å². The van der Waals surface area contributed by atoms with Crippen LogP contribution in [0.2, 0.25) is 0 Å². The molecule has 1 amide bonds. The number of nitrogens with one attached hydrogen (secondary N) is 2. The highest BCUT2D eigenvalue weighted by atomic mass is 79.9. The van der Waals surface area contributed by atoms with E-state index >= 15 is 0 Å². The van der Waals surface area contributed by atoms with Crippen LogP contribution in [-0.2, 0) is 4.79 Å². The molecule has 0 saturated heterocycles. The molecular weight excluding hydrogens is 288 g/mol. The third-order valence-electron chi connectivity index (χ3n) is 2.02. The highest BCUT2D eigenvalue weighted by molar-refractivity contribution is 9.10. The van der Waals surface area contributed by atoms with Crippen LogP contribution in [0.4, 0.5) is 5.69 Å². The quantitative estimate of drug-likeness (QED) is 0.773. The molecule has 1 aromatic rings. The third-order valence-corrected chi connectivity index (χ3v) is 2.71. The third kappa shape index (κ3) is 4.16. The van der Waals surface area contributed by atoms with Crippen molar-refractivity contribution in [2.45, 2.75) is 6.92 Å². The van der Waals surface area contributed by atoms with E-state index in [4.69, 9.17) is 5.11 Å². The average molecular weight is 301 g/mol. The number of rotatable bonds is 5. The number of carboxylic acids is 1. The lowest BCUT2D eigenvalue weighted by Gasteiger charge is -2.08. The zero-order valence-electron chi connectivity index (χ0n) is 9.29. The molecule has 0 aliphatic carbocycles. The summed E-state index contributed by atoms with van der Waals surface area (Å²) in [5.74, 6) is -1.24. The minimum absolute atomic E-state index is 0.131. The van der Waals surface area contributed by atoms with E-state index in [2.05, 4.69) is 26.6 Å². The monoisotopic (exact) mass is 300 g/mol. The van der Waals surface area contributed by atoms with Crippen molar-refractivity contribution in [3.8, 4) is 0 Å². The molecular formula is C11H13BrN2O3. The van der Waals surface area contributed by atoms with E-state index in [0.29, 0.717) is 16.7 Å². The predicted octanol–water partition coefficient (Wildman–Crippen LogP) is 1.70. The van der Waals surface area contributed by atoms with Gasteiger partial charge in [-0.3, -0.25) is 4.79 Å². The first kappa shape index (κ1) is 13.7. The topological polar surface area (TPSA) is 78.4 Å². The van der Waals surface area contributed by atoms with Gasteiger partial charge in [-0.05, 0) is 40.7 Å². The van der Waals surface area contributed by atoms with Gasteiger partial charge in [0.1, 0.15) is 0 Å². The summed E-state index contributed by atoms with van der Waals surface area (Å²) in [5, 5.41) is 14.3. The van der Waals surface area contributed by atoms with Crippen molar-refractivity contribution in [2.24, 2.45) is 0 Å². The number of halogens is 1. The number of likely N-dealkylation sites (N-methyl/N-ethyl adjacent to an activating group) is 1. The van der Waals surface area contributed by atoms with Crippen LogP contribution in [0.25, 0.3) is 0 Å². The van der Waals surface area contributed by atoms with Gasteiger partial charge in [0.05, 0.1) is 17.8 Å². The Balaban J connectivity index is 2.79. The maximum Gasteiger partial charge on any atom is 0.335 e. The zero-order chi connectivity index (χ0) is 12.8. The molecule has 0 fully saturated rings. The maximum atomic E-state index is 11.5. The molecule has 0 saturated carbocycles. The predicted molar refractivity (Wildman–Crippen MR) is 68.3 cm³/mol. The van der Waals surface area contributed by atoms with Crippen LogP contribution < -0.4 is 10.6 Å². The second kappa shape index (κ2) is 6.36. The second-order valence-corrected chi connectivity index (χ2v) is 4.18. The van der Waals surface area contributed by atoms with Crippen LogP contribution in [0.1, 0.15) is 17.3 Å². The Morgan fingerprint density at radius 2 is 2.12 bits per heavy atom. The smallest absolute Gasteiger partial charge is 0.335 e. The van der Waals surface area contributed by atoms with Gasteiger partial charge < -0.3 is 15.7 Å². The van der Waals surface area contributed by atoms with Crippen LogP contribution >= 0.6 is 15.9 Å². The molecule has 6 heteroatoms. The van der Waals surface area contributed by atoms with Crippen molar-refractivity contribution >= 4 is 33.5 Å². The summed E-state index contributed by atoms with van der Waals surface area (Å²) in [6.07, 6.45) is 0. The van der Waals surface area contributed by atoms with E-state index in [-0.39, 0.29) is 18.0 Å². The fourth-order valence-electron chi connectivity index (χ4n) is 1.19. The van der Waals surface area contributed by atoms with Crippen LogP contribution in [0.5, 0.6) is 0 Å². The first-order chi connectivity index (χ1) is 8.04. The Bertz CT molecular complexity index is 435. The van der Waals surface area contributed by atoms with Gasteiger partial charge in [-0.1, -0.05) is 6.92 Å². The highest BCUT2D eigenvalue weighted by Gasteiger charge is 2.09. The number of aromatic carboxylic acids is 1. The van der Waals surface area contributed by atoms with Gasteiger partial charge in [0.25, 0.3) is 0 Å². The number of hydrogen-bond acceptors (Lipinski definition) is 3. The standard InChI is InChI=1S/C11H13BrN2O3/c1-2-13-6-10(15)14-9-5-7(11(16)17)3-4-8(9)12/h3-5,13H,2,6H2,1H3,(H,14,15)(H,16,17). The summed E-state index contributed by atoms with van der Waals surface area (Å²) in [6.45, 7) is 2.79. The average Bonchev–Trinajstić information content (AvgIpc) is 2.29. The molecule has 5 nitrogen and oxygen atoms in total. The highest BCUT2D eigenvalue weighted by Crippen LogP contribution is 2.23. The van der Waals surface area contributed by atoms with E-state index in [1.807, 2.05) is 6.92 Å². The zero-order valence-corrected chi connectivity index (χ0v) is 10.9. The van der Waals surface area contributed by atoms with E-state index in [0.717, 1.165) is 0 Å². The summed E-state index contributed by atoms with van der Waals surface area (Å²) < 4.78 is 0.646. The second-order valence-electron chi connectivity index (χ2n) is 3.33. The van der Waals surface area contributed by atoms with Crippen LogP contribution in [0.15, 0.2) is 22.7 Å². The van der Waals surface area contributed by atoms with Crippen molar-refractivity contribution in [3.63, 3.8) is 0 Å². The molecule has 0 unspecified atom stereocenters. The van der Waals surface area contributed by atoms with Crippen molar-refractivity contribution in [1.82, 2.24) is 5.32 Å². The Hall–Kier alpha value is -1.40. The Labute approximate surface area is 107 Å². The lowest BCUT2D eigenvalue weighted by atomic mass is 10.2. The van der Waals surface area contributed by atoms with Gasteiger partial charge in [0.2, 0.25) is 5.91 Å². The van der Waals surface area contributed by atoms with Crippen molar-refractivity contribution in [1.29, 1.82) is 0 Å². The van der Waals surface area contributed by atoms with Crippen molar-refractivity contribution < 1.29 is 14.7 Å². The number of hydrogen-bond donors (Lipinski definition) is 3. The molecule has 17 heavy (non-hydrogen) atoms. The molecule has 0 radical (unpaired) electrons. The molecule has 1 aromatic carbocycles. The van der Waals surface area contributed by atoms with Crippen molar-refractivity contribution in [2.75, 3.05) is 18.4 Å². The SMILES string of the molecule is CCNCC(=O)Nc1cc(C(=O)O)ccc1Br. The van der Waals surface area contributed by atoms with Crippen molar-refractivity contribution in [3.05, 3.63) is 28.2 Å². The van der Waals surface area contributed by atoms with Crippen LogP contribution in [-0.4, -0.2) is 30.1 Å². The molecule has 0 aromatic heterocycles. The lowest BCUT2D eigenvalue weighted by molar-refractivity contribution is -0.115. The first-order valence-electron chi connectivity index (χ1n) is 5.08. The number of carboxylic acid groups (broad SMARTS) is 1. The molecule has 92 valence electrons. The van der Waals surface area contributed by atoms with E-state index in [9.17, 15) is 9.59 Å². The molecule has 0 aliphatic rings. The van der Waals surface area contributed by atoms with Gasteiger partial charge in [-0.2, -0.15) is 0 Å². The minimum atomic E-state index is -1.03. The fraction of sp³-hybridized carbons (Fsp3) is 0.273. The largest absolute Gasteiger partial charge is 0.478 e. The molecule has 0 aliphatic heterocycles. The normalized spacial score (nSPS) is 10.0. The molecule has 3 N–H and O–H groups in total. The van der Waals surface area contributed by atoms with E-state index in [1.165, 1.54) is 12.1 Å². The summed E-state index contributed by atoms with van der Waals surface area (Å²) in [7, 11) is 0. The summed E-state index contributed by atoms with van der Waals surface area (Å²) in [6, 6.07) is 4.47. The summed E-state index contributed by atoms with van der Waals surface area (Å²) in [4.78, 5) is 22.2. The van der Waals surface area contributed by atoms with E-state index in [1.54, 1.807) is 6.07 Å². The minimum Gasteiger partial charge on any atom is -0.478 e. The lowest BCUT2D eigenvalue weighted by Crippen LogP contribution is -2.27. The fourth-order valence-corrected chi connectivity index (χ4v) is 1.53. The van der Waals surface area contributed by atoms with Gasteiger partial charge in [0, 0.05) is 4.47 Å². The molecule has 0 spiro atoms. The number of carbonyl (C=O) groups excluding carboxylic acids is 1. The maximum absolute atomic E-state index is 11.5. The van der Waals surface area contributed by atoms with E-state index < -0.39 is 5.97 Å². The number of carbonyl (C=O) groups is 2. The Morgan fingerprint density at radius 1 is 1.41 bits per heavy atom. The number of anilines is 1. The summed E-state index contributed by atoms with van der Waals surface area (Å²) >= 11 is 3.25. The number of benzene rings is 1. The molecule has 1 rings (SSSR count). The van der Waals surface area contributed by atoms with Gasteiger partial charge in [-0.25, -0.2) is 4.79 Å². The Morgan fingerprint density at radius 3 is 2.71 bits per heavy atom. The van der Waals surface area contributed by atoms with Gasteiger partial charge in [0.15, 0.2) is 0 Å². The molecule has 0 atom stereocenters.